The van der Waals surface area contributed by atoms with Gasteiger partial charge >= 0.3 is 0 Å². The van der Waals surface area contributed by atoms with Crippen molar-refractivity contribution in [1.29, 1.82) is 0 Å². The quantitative estimate of drug-likeness (QED) is 0.756. The van der Waals surface area contributed by atoms with Gasteiger partial charge in [-0.15, -0.1) is 0 Å². The summed E-state index contributed by atoms with van der Waals surface area (Å²) in [7, 11) is 0. The minimum Gasteiger partial charge on any atom is -0.325 e. The third-order valence-corrected chi connectivity index (χ3v) is 1.79. The van der Waals surface area contributed by atoms with Crippen LogP contribution < -0.4 is 5.73 Å². The van der Waals surface area contributed by atoms with Gasteiger partial charge in [-0.1, -0.05) is 25.4 Å². The maximum Gasteiger partial charge on any atom is 0.133 e. The van der Waals surface area contributed by atoms with E-state index in [1.165, 1.54) is 0 Å². The molecule has 1 aromatic rings. The first-order valence-electron chi connectivity index (χ1n) is 4.34. The minimum absolute atomic E-state index is 0.410. The van der Waals surface area contributed by atoms with E-state index < -0.39 is 0 Å². The van der Waals surface area contributed by atoms with Gasteiger partial charge in [-0.3, -0.25) is 0 Å². The van der Waals surface area contributed by atoms with Gasteiger partial charge in [-0.25, -0.2) is 9.97 Å². The van der Waals surface area contributed by atoms with Gasteiger partial charge in [0.25, 0.3) is 0 Å². The van der Waals surface area contributed by atoms with Crippen molar-refractivity contribution in [1.82, 2.24) is 9.97 Å². The molecule has 4 heteroatoms. The first-order valence-corrected chi connectivity index (χ1v) is 4.72. The van der Waals surface area contributed by atoms with Crippen LogP contribution in [0.2, 0.25) is 5.15 Å². The summed E-state index contributed by atoms with van der Waals surface area (Å²) in [5.41, 5.74) is 6.27. The summed E-state index contributed by atoms with van der Waals surface area (Å²) >= 11 is 5.81. The summed E-state index contributed by atoms with van der Waals surface area (Å²) in [4.78, 5) is 8.39. The van der Waals surface area contributed by atoms with Crippen LogP contribution in [0.1, 0.15) is 25.4 Å². The van der Waals surface area contributed by atoms with E-state index >= 15 is 0 Å². The molecule has 0 bridgehead atoms. The van der Waals surface area contributed by atoms with Crippen LogP contribution in [0.3, 0.4) is 0 Å². The lowest BCUT2D eigenvalue weighted by Gasteiger charge is -2.05. The lowest BCUT2D eigenvalue weighted by Crippen LogP contribution is -2.06. The van der Waals surface area contributed by atoms with E-state index in [1.807, 2.05) is 0 Å². The Hall–Kier alpha value is -0.670. The standard InChI is InChI=1S/C9H14ClN3/c1-6(2)3-9-12-7(5-11)4-8(10)13-9/h4,6H,3,5,11H2,1-2H3. The van der Waals surface area contributed by atoms with Gasteiger partial charge in [-0.05, 0) is 12.0 Å². The van der Waals surface area contributed by atoms with E-state index in [0.717, 1.165) is 17.9 Å². The minimum atomic E-state index is 0.410. The van der Waals surface area contributed by atoms with Crippen molar-refractivity contribution in [3.8, 4) is 0 Å². The Morgan fingerprint density at radius 1 is 1.46 bits per heavy atom. The molecule has 0 amide bonds. The van der Waals surface area contributed by atoms with Crippen LogP contribution in [0.25, 0.3) is 0 Å². The maximum absolute atomic E-state index is 5.81. The molecule has 0 aliphatic rings. The summed E-state index contributed by atoms with van der Waals surface area (Å²) in [6.45, 7) is 4.64. The molecule has 13 heavy (non-hydrogen) atoms. The Kier molecular flexibility index (Phi) is 3.63. The van der Waals surface area contributed by atoms with E-state index in [1.54, 1.807) is 6.07 Å². The maximum atomic E-state index is 5.81. The highest BCUT2D eigenvalue weighted by Crippen LogP contribution is 2.09. The molecule has 0 radical (unpaired) electrons. The second-order valence-electron chi connectivity index (χ2n) is 3.40. The number of rotatable bonds is 3. The summed E-state index contributed by atoms with van der Waals surface area (Å²) in [5, 5.41) is 0.478. The Morgan fingerprint density at radius 3 is 2.69 bits per heavy atom. The Morgan fingerprint density at radius 2 is 2.15 bits per heavy atom. The van der Waals surface area contributed by atoms with Gasteiger partial charge in [0, 0.05) is 13.0 Å². The zero-order valence-electron chi connectivity index (χ0n) is 7.92. The highest BCUT2D eigenvalue weighted by Gasteiger charge is 2.04. The van der Waals surface area contributed by atoms with E-state index in [4.69, 9.17) is 17.3 Å². The van der Waals surface area contributed by atoms with Crippen LogP contribution in [0.5, 0.6) is 0 Å². The number of nitrogens with zero attached hydrogens (tertiary/aromatic N) is 2. The fraction of sp³-hybridized carbons (Fsp3) is 0.556. The number of nitrogens with two attached hydrogens (primary N) is 1. The summed E-state index contributed by atoms with van der Waals surface area (Å²) in [6, 6.07) is 1.70. The van der Waals surface area contributed by atoms with Crippen LogP contribution in [0.4, 0.5) is 0 Å². The van der Waals surface area contributed by atoms with Gasteiger partial charge in [0.2, 0.25) is 0 Å². The zero-order valence-corrected chi connectivity index (χ0v) is 8.67. The molecule has 0 saturated carbocycles. The Balaban J connectivity index is 2.88. The number of aromatic nitrogens is 2. The van der Waals surface area contributed by atoms with Crippen LogP contribution in [-0.4, -0.2) is 9.97 Å². The van der Waals surface area contributed by atoms with Gasteiger partial charge in [0.05, 0.1) is 5.69 Å². The molecule has 0 unspecified atom stereocenters. The second-order valence-corrected chi connectivity index (χ2v) is 3.79. The molecule has 0 saturated heterocycles. The van der Waals surface area contributed by atoms with Crippen molar-refractivity contribution in [2.45, 2.75) is 26.8 Å². The first kappa shape index (κ1) is 10.4. The highest BCUT2D eigenvalue weighted by atomic mass is 35.5. The largest absolute Gasteiger partial charge is 0.325 e. The van der Waals surface area contributed by atoms with E-state index in [0.29, 0.717) is 17.6 Å². The predicted octanol–water partition coefficient (Wildman–Crippen LogP) is 1.79. The fourth-order valence-corrected chi connectivity index (χ4v) is 1.30. The topological polar surface area (TPSA) is 51.8 Å². The molecule has 0 atom stereocenters. The predicted molar refractivity (Wildman–Crippen MR) is 53.5 cm³/mol. The molecule has 3 nitrogen and oxygen atoms in total. The lowest BCUT2D eigenvalue weighted by atomic mass is 10.1. The molecule has 0 aromatic carbocycles. The molecule has 2 N–H and O–H groups in total. The number of halogens is 1. The molecule has 0 aliphatic carbocycles. The van der Waals surface area contributed by atoms with Crippen molar-refractivity contribution in [2.75, 3.05) is 0 Å². The summed E-state index contributed by atoms with van der Waals surface area (Å²) in [6.07, 6.45) is 0.841. The molecular formula is C9H14ClN3. The molecule has 0 spiro atoms. The fourth-order valence-electron chi connectivity index (χ4n) is 1.08. The highest BCUT2D eigenvalue weighted by molar-refractivity contribution is 6.29. The molecule has 0 aliphatic heterocycles. The van der Waals surface area contributed by atoms with Gasteiger partial charge in [0.1, 0.15) is 11.0 Å². The normalized spacial score (nSPS) is 10.8. The molecule has 1 aromatic heterocycles. The van der Waals surface area contributed by atoms with E-state index in [9.17, 15) is 0 Å². The van der Waals surface area contributed by atoms with Crippen molar-refractivity contribution in [2.24, 2.45) is 11.7 Å². The summed E-state index contributed by atoms with van der Waals surface area (Å²) < 4.78 is 0. The number of hydrogen-bond acceptors (Lipinski definition) is 3. The van der Waals surface area contributed by atoms with Crippen molar-refractivity contribution < 1.29 is 0 Å². The molecular weight excluding hydrogens is 186 g/mol. The van der Waals surface area contributed by atoms with Crippen molar-refractivity contribution in [3.05, 3.63) is 22.7 Å². The van der Waals surface area contributed by atoms with Crippen molar-refractivity contribution >= 4 is 11.6 Å². The SMILES string of the molecule is CC(C)Cc1nc(Cl)cc(CN)n1. The van der Waals surface area contributed by atoms with E-state index in [2.05, 4.69) is 23.8 Å². The van der Waals surface area contributed by atoms with Crippen LogP contribution in [0, 0.1) is 5.92 Å². The summed E-state index contributed by atoms with van der Waals surface area (Å²) in [5.74, 6) is 1.31. The van der Waals surface area contributed by atoms with Crippen LogP contribution in [-0.2, 0) is 13.0 Å². The Labute approximate surface area is 83.3 Å². The van der Waals surface area contributed by atoms with Crippen molar-refractivity contribution in [3.63, 3.8) is 0 Å². The van der Waals surface area contributed by atoms with E-state index in [-0.39, 0.29) is 0 Å². The van der Waals surface area contributed by atoms with Crippen LogP contribution >= 0.6 is 11.6 Å². The molecule has 1 heterocycles. The third kappa shape index (κ3) is 3.28. The van der Waals surface area contributed by atoms with Gasteiger partial charge in [-0.2, -0.15) is 0 Å². The first-order chi connectivity index (χ1) is 6.11. The average Bonchev–Trinajstić information content (AvgIpc) is 2.01. The zero-order chi connectivity index (χ0) is 9.84. The van der Waals surface area contributed by atoms with Gasteiger partial charge in [0.15, 0.2) is 0 Å². The molecule has 0 fully saturated rings. The molecule has 1 rings (SSSR count). The number of hydrogen-bond donors (Lipinski definition) is 1. The third-order valence-electron chi connectivity index (χ3n) is 1.59. The van der Waals surface area contributed by atoms with Crippen LogP contribution in [0.15, 0.2) is 6.07 Å². The van der Waals surface area contributed by atoms with Gasteiger partial charge < -0.3 is 5.73 Å². The average molecular weight is 200 g/mol. The second kappa shape index (κ2) is 4.53. The molecule has 72 valence electrons. The Bertz CT molecular complexity index is 286. The monoisotopic (exact) mass is 199 g/mol. The smallest absolute Gasteiger partial charge is 0.133 e. The lowest BCUT2D eigenvalue weighted by molar-refractivity contribution is 0.617.